The van der Waals surface area contributed by atoms with Crippen LogP contribution >= 0.6 is 30.8 Å². The van der Waals surface area contributed by atoms with Crippen LogP contribution in [0.5, 0.6) is 0 Å². The van der Waals surface area contributed by atoms with Gasteiger partial charge in [-0.1, -0.05) is 0 Å². The Hall–Kier alpha value is -6.52. The average Bonchev–Trinajstić information content (AvgIpc) is 1.65. The minimum absolute atomic E-state index is 0.00216. The lowest BCUT2D eigenvalue weighted by atomic mass is 10.1. The first-order valence-corrected chi connectivity index (χ1v) is 33.0. The second-order valence-corrected chi connectivity index (χ2v) is 26.7. The molecule has 0 spiro atoms. The lowest BCUT2D eigenvalue weighted by Gasteiger charge is -2.25. The molecule has 492 valence electrons. The maximum Gasteiger partial charge on any atom is 0.472 e. The van der Waals surface area contributed by atoms with E-state index in [-0.39, 0.29) is 67.9 Å². The molecule has 49 heteroatoms. The molecule has 4 aliphatic heterocycles. The summed E-state index contributed by atoms with van der Waals surface area (Å²) < 4.78 is 119. The van der Waals surface area contributed by atoms with Crippen molar-refractivity contribution in [3.8, 4) is 0 Å². The summed E-state index contributed by atoms with van der Waals surface area (Å²) in [4.78, 5) is 101. The monoisotopic (exact) mass is 1360 g/mol. The Morgan fingerprint density at radius 2 is 0.703 bits per heavy atom. The summed E-state index contributed by atoms with van der Waals surface area (Å²) >= 11 is 0. The molecule has 8 aromatic heterocycles. The van der Waals surface area contributed by atoms with Gasteiger partial charge in [-0.15, -0.1) is 0 Å². The summed E-state index contributed by atoms with van der Waals surface area (Å²) in [7, 11) is -20.7. The topological polar surface area (TPSA) is 651 Å². The van der Waals surface area contributed by atoms with E-state index in [1.165, 1.54) is 20.0 Å². The van der Waals surface area contributed by atoms with Crippen molar-refractivity contribution in [1.82, 2.24) is 78.1 Å². The smallest absolute Gasteiger partial charge is 0.387 e. The quantitative estimate of drug-likeness (QED) is 0.0255. The number of rotatable bonds is 24. The molecule has 4 saturated heterocycles. The van der Waals surface area contributed by atoms with Crippen LogP contribution in [0.15, 0.2) is 50.6 Å². The van der Waals surface area contributed by atoms with Gasteiger partial charge in [-0.05, 0) is 0 Å². The van der Waals surface area contributed by atoms with Gasteiger partial charge in [0.2, 0.25) is 0 Å². The van der Waals surface area contributed by atoms with E-state index in [2.05, 4.69) is 64.3 Å². The molecule has 0 aliphatic carbocycles. The number of aliphatic hydroxyl groups is 5. The predicted octanol–water partition coefficient (Wildman–Crippen LogP) is -4.23. The number of anilines is 4. The number of hydrogen-bond donors (Lipinski definition) is 14. The largest absolute Gasteiger partial charge is 0.472 e. The summed E-state index contributed by atoms with van der Waals surface area (Å²) in [5.41, 5.74) is 24.2. The van der Waals surface area contributed by atoms with E-state index in [0.29, 0.717) is 0 Å². The molecule has 8 aromatic rings. The van der Waals surface area contributed by atoms with E-state index in [0.717, 1.165) is 48.9 Å². The first-order valence-electron chi connectivity index (χ1n) is 26.4. The lowest BCUT2D eigenvalue weighted by molar-refractivity contribution is -0.0672. The number of aliphatic hydroxyl groups excluding tert-OH is 5. The van der Waals surface area contributed by atoms with Crippen molar-refractivity contribution in [3.05, 3.63) is 50.6 Å². The van der Waals surface area contributed by atoms with Gasteiger partial charge in [-0.2, -0.15) is 0 Å². The Kier molecular flexibility index (Phi) is 17.8. The molecule has 19 atom stereocenters. The van der Waals surface area contributed by atoms with Crippen LogP contribution in [0, 0.1) is 0 Å². The van der Waals surface area contributed by atoms with E-state index in [4.69, 9.17) is 69.5 Å². The highest BCUT2D eigenvalue weighted by Gasteiger charge is 2.54. The predicted molar refractivity (Wildman–Crippen MR) is 294 cm³/mol. The highest BCUT2D eigenvalue weighted by molar-refractivity contribution is 7.52. The molecule has 0 radical (unpaired) electrons. The van der Waals surface area contributed by atoms with Crippen molar-refractivity contribution in [2.75, 3.05) is 62.1 Å². The van der Waals surface area contributed by atoms with Crippen LogP contribution in [0.25, 0.3) is 44.7 Å². The van der Waals surface area contributed by atoms with Crippen molar-refractivity contribution < 1.29 is 119 Å². The third-order valence-electron chi connectivity index (χ3n) is 14.6. The first kappa shape index (κ1) is 64.6. The van der Waals surface area contributed by atoms with Crippen LogP contribution in [0.2, 0.25) is 0 Å². The molecule has 12 rings (SSSR count). The van der Waals surface area contributed by atoms with Crippen LogP contribution in [-0.2, 0) is 69.3 Å². The van der Waals surface area contributed by atoms with Crippen molar-refractivity contribution >= 4 is 98.8 Å². The number of aromatic nitrogens is 16. The fourth-order valence-electron chi connectivity index (χ4n) is 10.4. The molecule has 0 amide bonds. The summed E-state index contributed by atoms with van der Waals surface area (Å²) in [6.07, 6.45) is -20.7. The van der Waals surface area contributed by atoms with Crippen LogP contribution in [0.3, 0.4) is 0 Å². The molecule has 4 fully saturated rings. The van der Waals surface area contributed by atoms with Gasteiger partial charge >= 0.3 is 30.8 Å². The van der Waals surface area contributed by atoms with Crippen LogP contribution in [0.1, 0.15) is 24.9 Å². The summed E-state index contributed by atoms with van der Waals surface area (Å²) in [5, 5.41) is 56.7. The summed E-state index contributed by atoms with van der Waals surface area (Å²) in [5.74, 6) is -0.257. The van der Waals surface area contributed by atoms with Crippen LogP contribution in [0.4, 0.5) is 23.3 Å². The van der Waals surface area contributed by atoms with Gasteiger partial charge in [0.1, 0.15) is 133 Å². The molecule has 0 aromatic carbocycles. The van der Waals surface area contributed by atoms with Gasteiger partial charge < -0.3 is 101 Å². The second-order valence-electron chi connectivity index (χ2n) is 20.6. The maximum absolute atomic E-state index is 14.1. The van der Waals surface area contributed by atoms with Gasteiger partial charge in [0, 0.05) is 0 Å². The Morgan fingerprint density at radius 3 is 1.07 bits per heavy atom. The number of fused-ring (bicyclic) bond motifs is 4. The zero-order valence-corrected chi connectivity index (χ0v) is 49.5. The minimum atomic E-state index is -5.37. The summed E-state index contributed by atoms with van der Waals surface area (Å²) in [6, 6.07) is 0. The normalized spacial score (nSPS) is 30.9. The number of phosphoric ester groups is 2. The van der Waals surface area contributed by atoms with Crippen molar-refractivity contribution in [2.24, 2.45) is 0 Å². The van der Waals surface area contributed by atoms with Gasteiger partial charge in [0.25, 0.3) is 0 Å². The van der Waals surface area contributed by atoms with Gasteiger partial charge in [0.15, 0.2) is 70.8 Å². The highest BCUT2D eigenvalue weighted by atomic mass is 31.2. The highest BCUT2D eigenvalue weighted by Crippen LogP contribution is 2.53. The molecule has 45 nitrogen and oxygen atoms in total. The van der Waals surface area contributed by atoms with Crippen molar-refractivity contribution in [2.45, 2.75) is 98.2 Å². The number of imidazole rings is 4. The maximum atomic E-state index is 14.1. The Bertz CT molecular complexity index is 4190. The summed E-state index contributed by atoms with van der Waals surface area (Å²) in [6.45, 7) is -3.40. The number of ether oxygens (including phenoxy) is 6. The number of nitrogens with two attached hydrogens (primary N) is 4. The van der Waals surface area contributed by atoms with E-state index in [1.807, 2.05) is 0 Å². The fraction of sp³-hybridized carbons (Fsp3) is 0.524. The van der Waals surface area contributed by atoms with E-state index in [9.17, 15) is 68.3 Å². The molecule has 0 bridgehead atoms. The molecule has 91 heavy (non-hydrogen) atoms. The standard InChI is InChI=1S/C42H54N20O25P4/c43-31-19-35(51-5-47-31)59(9-55-19)39-27(67)23(63)17(81-39)4-80-91(75,76)87-30-25(65)16(83-42(30)62-12-58-22-34(46)50-8-54-38(22)62)2-78-14-88(68,69)85-28-24(64)15(82-40(28)60-10-56-20-32(44)48-6-52-36(20)60)1-77-13-89(70,71)86-29-26(66)18(3-79-90(72,73)74)84-41(29)61-11-57-21-33(45)49-7-53-37(21)61/h5-12,15-18,23-30,39-42,63-67H,1-4,13-14H2,(H,68,69)(H,70,71)(H,75,76)(H2,43,47,51)(H2,44,48,52)(H2,45,49,53)(H2,46,50,54)(H2,72,73,74)/t15-,16-,17-,18-,23-,24-,25-,26-,27-,28-,29-,30-,39-,40-,41-,42-/m1/s1. The van der Waals surface area contributed by atoms with Gasteiger partial charge in [0.05, 0.1) is 51.7 Å². The van der Waals surface area contributed by atoms with Crippen molar-refractivity contribution in [3.63, 3.8) is 0 Å². The number of hydrogen-bond acceptors (Lipinski definition) is 36. The third-order valence-corrected chi connectivity index (χ3v) is 18.3. The Balaban J connectivity index is 0.716. The molecular weight excluding hydrogens is 1310 g/mol. The zero-order chi connectivity index (χ0) is 64.6. The molecule has 3 unspecified atom stereocenters. The Morgan fingerprint density at radius 1 is 0.396 bits per heavy atom. The van der Waals surface area contributed by atoms with Gasteiger partial charge in [-0.25, -0.2) is 68.9 Å². The van der Waals surface area contributed by atoms with Gasteiger partial charge in [-0.3, -0.25) is 50.0 Å². The molecule has 12 heterocycles. The first-order chi connectivity index (χ1) is 43.2. The zero-order valence-electron chi connectivity index (χ0n) is 45.9. The number of nitrogens with zero attached hydrogens (tertiary/aromatic N) is 16. The molecule has 4 aliphatic rings. The second kappa shape index (κ2) is 25.1. The van der Waals surface area contributed by atoms with Crippen LogP contribution in [-0.4, -0.2) is 240 Å². The SMILES string of the molecule is Nc1ncnc2c1ncn2[C@@H]1O[C@H](COP(=O)(O)O[C@@H]2[C@H](O)[C@@H](COCP(=O)(O)O[C@@H]3[C@H](O)[C@@H](COCP(=O)(O)O[C@@H]4[C@H](O)[C@@H](COP(=O)(O)O)O[C@H]4n4cnc5c(N)ncnc54)O[C@H]3n3cnc4c(N)ncnc43)O[C@H]2n2cnc3c(N)ncnc32)[C@@H](O)[C@H]1O. The molecular formula is C42H54N20O25P4. The van der Waals surface area contributed by atoms with Crippen molar-refractivity contribution in [1.29, 1.82) is 0 Å². The lowest BCUT2D eigenvalue weighted by Crippen LogP contribution is -2.37. The van der Waals surface area contributed by atoms with Crippen LogP contribution < -0.4 is 22.9 Å². The minimum Gasteiger partial charge on any atom is -0.387 e. The van der Waals surface area contributed by atoms with E-state index < -0.39 is 168 Å². The van der Waals surface area contributed by atoms with E-state index >= 15 is 0 Å². The third kappa shape index (κ3) is 13.0. The average molecular weight is 1360 g/mol. The fourth-order valence-corrected chi connectivity index (χ4v) is 13.7. The molecule has 0 saturated carbocycles. The van der Waals surface area contributed by atoms with E-state index in [1.54, 1.807) is 0 Å². The molecule has 18 N–H and O–H groups in total. The Labute approximate surface area is 505 Å². The number of phosphoric acid groups is 2. The number of nitrogen functional groups attached to an aromatic ring is 4.